The number of hydrogen-bond donors (Lipinski definition) is 1. The van der Waals surface area contributed by atoms with Crippen molar-refractivity contribution in [3.8, 4) is 0 Å². The summed E-state index contributed by atoms with van der Waals surface area (Å²) in [4.78, 5) is 19.8. The Morgan fingerprint density at radius 1 is 1.56 bits per heavy atom. The molecule has 84 valence electrons. The molecule has 16 heavy (non-hydrogen) atoms. The van der Waals surface area contributed by atoms with Gasteiger partial charge in [0.15, 0.2) is 0 Å². The third kappa shape index (κ3) is 2.17. The maximum absolute atomic E-state index is 10.9. The van der Waals surface area contributed by atoms with Gasteiger partial charge in [-0.2, -0.15) is 0 Å². The first-order valence-corrected chi connectivity index (χ1v) is 5.30. The van der Waals surface area contributed by atoms with Gasteiger partial charge in [-0.3, -0.25) is 4.79 Å². The van der Waals surface area contributed by atoms with Crippen molar-refractivity contribution in [1.29, 1.82) is 0 Å². The molecule has 2 aromatic rings. The van der Waals surface area contributed by atoms with E-state index in [0.717, 1.165) is 22.4 Å². The minimum Gasteiger partial charge on any atom is -0.342 e. The number of carbonyl (C=O) groups is 1. The Morgan fingerprint density at radius 3 is 3.00 bits per heavy atom. The van der Waals surface area contributed by atoms with Crippen molar-refractivity contribution in [1.82, 2.24) is 14.9 Å². The Bertz CT molecular complexity index is 535. The first-order chi connectivity index (χ1) is 7.56. The van der Waals surface area contributed by atoms with Crippen LogP contribution in [0.15, 0.2) is 18.2 Å². The van der Waals surface area contributed by atoms with E-state index in [2.05, 4.69) is 9.97 Å². The highest BCUT2D eigenvalue weighted by atomic mass is 35.5. The number of aromatic nitrogens is 2. The molecule has 0 saturated heterocycles. The predicted octanol–water partition coefficient (Wildman–Crippen LogP) is 2.66. The number of fused-ring (bicyclic) bond motifs is 1. The Labute approximate surface area is 98.2 Å². The molecule has 5 heteroatoms. The molecule has 1 aromatic heterocycles. The summed E-state index contributed by atoms with van der Waals surface area (Å²) in [6, 6.07) is 5.85. The molecule has 0 saturated carbocycles. The van der Waals surface area contributed by atoms with E-state index in [1.807, 2.05) is 25.1 Å². The molecule has 1 amide bonds. The summed E-state index contributed by atoms with van der Waals surface area (Å²) >= 11 is 5.37. The largest absolute Gasteiger partial charge is 0.342 e. The fourth-order valence-electron chi connectivity index (χ4n) is 1.62. The van der Waals surface area contributed by atoms with E-state index in [-0.39, 0.29) is 0 Å². The number of aryl methyl sites for hydroxylation is 1. The van der Waals surface area contributed by atoms with E-state index in [1.165, 1.54) is 4.90 Å². The third-order valence-electron chi connectivity index (χ3n) is 2.38. The number of hydrogen-bond acceptors (Lipinski definition) is 2. The van der Waals surface area contributed by atoms with Crippen molar-refractivity contribution in [2.75, 3.05) is 7.05 Å². The van der Waals surface area contributed by atoms with Gasteiger partial charge in [-0.15, -0.1) is 0 Å². The third-order valence-corrected chi connectivity index (χ3v) is 2.67. The topological polar surface area (TPSA) is 49.0 Å². The molecule has 4 nitrogen and oxygen atoms in total. The van der Waals surface area contributed by atoms with Crippen molar-refractivity contribution in [3.05, 3.63) is 29.6 Å². The number of nitrogens with one attached hydrogen (secondary N) is 1. The summed E-state index contributed by atoms with van der Waals surface area (Å²) in [7, 11) is 1.66. The lowest BCUT2D eigenvalue weighted by Crippen LogP contribution is -2.19. The van der Waals surface area contributed by atoms with E-state index >= 15 is 0 Å². The van der Waals surface area contributed by atoms with Gasteiger partial charge in [0, 0.05) is 13.6 Å². The fraction of sp³-hybridized carbons (Fsp3) is 0.273. The van der Waals surface area contributed by atoms with Crippen molar-refractivity contribution in [2.45, 2.75) is 13.5 Å². The van der Waals surface area contributed by atoms with Crippen LogP contribution in [-0.4, -0.2) is 27.3 Å². The number of H-pyrrole nitrogens is 1. The van der Waals surface area contributed by atoms with Crippen LogP contribution in [0.4, 0.5) is 4.79 Å². The minimum atomic E-state index is -0.458. The van der Waals surface area contributed by atoms with E-state index in [4.69, 9.17) is 11.6 Å². The van der Waals surface area contributed by atoms with Crippen LogP contribution in [0.25, 0.3) is 11.0 Å². The van der Waals surface area contributed by atoms with Gasteiger partial charge in [0.05, 0.1) is 11.0 Å². The van der Waals surface area contributed by atoms with Crippen molar-refractivity contribution < 1.29 is 4.79 Å². The van der Waals surface area contributed by atoms with Crippen molar-refractivity contribution >= 4 is 28.0 Å². The number of carbonyl (C=O) groups excluding carboxylic acids is 1. The molecule has 2 rings (SSSR count). The van der Waals surface area contributed by atoms with Crippen LogP contribution >= 0.6 is 11.6 Å². The van der Waals surface area contributed by atoms with Gasteiger partial charge >= 0.3 is 5.37 Å². The normalized spacial score (nSPS) is 10.7. The number of halogens is 1. The van der Waals surface area contributed by atoms with Gasteiger partial charge in [0.1, 0.15) is 5.82 Å². The number of benzene rings is 1. The zero-order valence-electron chi connectivity index (χ0n) is 9.12. The average Bonchev–Trinajstić information content (AvgIpc) is 2.57. The Kier molecular flexibility index (Phi) is 2.83. The number of amides is 1. The SMILES string of the molecule is Cc1nc2ccc(CN(C)C(=O)Cl)cc2[nH]1. The maximum atomic E-state index is 10.9. The highest BCUT2D eigenvalue weighted by Gasteiger charge is 2.06. The van der Waals surface area contributed by atoms with E-state index in [1.54, 1.807) is 7.05 Å². The summed E-state index contributed by atoms with van der Waals surface area (Å²) in [6.45, 7) is 2.41. The van der Waals surface area contributed by atoms with Crippen LogP contribution in [-0.2, 0) is 6.54 Å². The second-order valence-corrected chi connectivity index (χ2v) is 4.11. The molecule has 0 spiro atoms. The van der Waals surface area contributed by atoms with Crippen LogP contribution in [0.2, 0.25) is 0 Å². The molecule has 0 radical (unpaired) electrons. The van der Waals surface area contributed by atoms with Gasteiger partial charge in [-0.1, -0.05) is 6.07 Å². The lowest BCUT2D eigenvalue weighted by atomic mass is 10.2. The zero-order chi connectivity index (χ0) is 11.7. The Hall–Kier alpha value is -1.55. The molecule has 0 unspecified atom stereocenters. The second-order valence-electron chi connectivity index (χ2n) is 3.78. The molecule has 0 aliphatic heterocycles. The minimum absolute atomic E-state index is 0.458. The fourth-order valence-corrected chi connectivity index (χ4v) is 1.68. The molecule has 0 fully saturated rings. The summed E-state index contributed by atoms with van der Waals surface area (Å²) in [5, 5.41) is -0.458. The number of aromatic amines is 1. The van der Waals surface area contributed by atoms with E-state index in [9.17, 15) is 4.79 Å². The lowest BCUT2D eigenvalue weighted by molar-refractivity contribution is 0.230. The second kappa shape index (κ2) is 4.14. The van der Waals surface area contributed by atoms with Gasteiger partial charge < -0.3 is 9.88 Å². The molecule has 1 N–H and O–H groups in total. The molecule has 0 aliphatic rings. The predicted molar refractivity (Wildman–Crippen MR) is 63.5 cm³/mol. The smallest absolute Gasteiger partial charge is 0.316 e. The van der Waals surface area contributed by atoms with Crippen LogP contribution < -0.4 is 0 Å². The van der Waals surface area contributed by atoms with Crippen LogP contribution in [0.5, 0.6) is 0 Å². The molecule has 1 aromatic carbocycles. The number of imidazole rings is 1. The van der Waals surface area contributed by atoms with Gasteiger partial charge in [0.25, 0.3) is 0 Å². The Balaban J connectivity index is 2.28. The monoisotopic (exact) mass is 237 g/mol. The first-order valence-electron chi connectivity index (χ1n) is 4.92. The average molecular weight is 238 g/mol. The number of rotatable bonds is 2. The first kappa shape index (κ1) is 11.0. The molecule has 1 heterocycles. The molecule has 0 bridgehead atoms. The quantitative estimate of drug-likeness (QED) is 0.645. The molecular weight excluding hydrogens is 226 g/mol. The van der Waals surface area contributed by atoms with Crippen LogP contribution in [0, 0.1) is 6.92 Å². The summed E-state index contributed by atoms with van der Waals surface area (Å²) in [6.07, 6.45) is 0. The van der Waals surface area contributed by atoms with Gasteiger partial charge in [-0.05, 0) is 36.2 Å². The number of nitrogens with zero attached hydrogens (tertiary/aromatic N) is 2. The van der Waals surface area contributed by atoms with Crippen LogP contribution in [0.3, 0.4) is 0 Å². The zero-order valence-corrected chi connectivity index (χ0v) is 9.88. The van der Waals surface area contributed by atoms with Crippen LogP contribution in [0.1, 0.15) is 11.4 Å². The molecule has 0 aliphatic carbocycles. The standard InChI is InChI=1S/C11H12ClN3O/c1-7-13-9-4-3-8(5-10(9)14-7)6-15(2)11(12)16/h3-5H,6H2,1-2H3,(H,13,14). The summed E-state index contributed by atoms with van der Waals surface area (Å²) in [5.74, 6) is 0.883. The molecular formula is C11H12ClN3O. The summed E-state index contributed by atoms with van der Waals surface area (Å²) in [5.41, 5.74) is 2.93. The maximum Gasteiger partial charge on any atom is 0.316 e. The highest BCUT2D eigenvalue weighted by molar-refractivity contribution is 6.62. The van der Waals surface area contributed by atoms with Gasteiger partial charge in [0.2, 0.25) is 0 Å². The summed E-state index contributed by atoms with van der Waals surface area (Å²) < 4.78 is 0. The van der Waals surface area contributed by atoms with E-state index < -0.39 is 5.37 Å². The lowest BCUT2D eigenvalue weighted by Gasteiger charge is -2.12. The highest BCUT2D eigenvalue weighted by Crippen LogP contribution is 2.15. The van der Waals surface area contributed by atoms with Gasteiger partial charge in [-0.25, -0.2) is 4.98 Å². The van der Waals surface area contributed by atoms with E-state index in [0.29, 0.717) is 6.54 Å². The van der Waals surface area contributed by atoms with Crippen molar-refractivity contribution in [2.24, 2.45) is 0 Å². The molecule has 0 atom stereocenters. The van der Waals surface area contributed by atoms with Crippen molar-refractivity contribution in [3.63, 3.8) is 0 Å². The Morgan fingerprint density at radius 2 is 2.31 bits per heavy atom.